The summed E-state index contributed by atoms with van der Waals surface area (Å²) in [4.78, 5) is 0. The summed E-state index contributed by atoms with van der Waals surface area (Å²) in [7, 11) is 0. The molecule has 0 unspecified atom stereocenters. The maximum absolute atomic E-state index is 14.4. The Labute approximate surface area is 163 Å². The van der Waals surface area contributed by atoms with Gasteiger partial charge in [0.25, 0.3) is 0 Å². The summed E-state index contributed by atoms with van der Waals surface area (Å²) in [6, 6.07) is 15.8. The molecule has 0 heterocycles. The number of hydrogen-bond acceptors (Lipinski definition) is 0. The molecule has 0 saturated heterocycles. The van der Waals surface area contributed by atoms with E-state index >= 15 is 0 Å². The predicted octanol–water partition coefficient (Wildman–Crippen LogP) is 6.68. The maximum atomic E-state index is 14.4. The lowest BCUT2D eigenvalue weighted by atomic mass is 10.0. The molecule has 28 heavy (non-hydrogen) atoms. The van der Waals surface area contributed by atoms with Gasteiger partial charge in [0.1, 0.15) is 5.82 Å². The average molecular weight is 376 g/mol. The smallest absolute Gasteiger partial charge is 0.159 e. The fraction of sp³-hybridized carbons (Fsp3) is 0.120. The van der Waals surface area contributed by atoms with Gasteiger partial charge in [-0.2, -0.15) is 0 Å². The standard InChI is InChI=1S/C25H19F3/c1-2-3-4-5-18-6-8-19(9-7-18)10-11-20-12-14-22(24(27)16-20)21-13-15-23(26)25(28)17-21/h2-3,6-9,12-17H,4-5H2,1H3/b3-2+. The van der Waals surface area contributed by atoms with Crippen LogP contribution < -0.4 is 0 Å². The lowest BCUT2D eigenvalue weighted by Gasteiger charge is -2.05. The minimum absolute atomic E-state index is 0.204. The molecule has 0 aliphatic rings. The molecule has 3 heteroatoms. The zero-order valence-electron chi connectivity index (χ0n) is 15.5. The second-order valence-electron chi connectivity index (χ2n) is 6.38. The molecule has 0 spiro atoms. The fourth-order valence-corrected chi connectivity index (χ4v) is 2.81. The van der Waals surface area contributed by atoms with Crippen LogP contribution in [0.15, 0.2) is 72.8 Å². The second-order valence-corrected chi connectivity index (χ2v) is 6.38. The van der Waals surface area contributed by atoms with Crippen LogP contribution in [-0.2, 0) is 6.42 Å². The third kappa shape index (κ3) is 4.92. The first kappa shape index (κ1) is 19.5. The summed E-state index contributed by atoms with van der Waals surface area (Å²) in [5, 5.41) is 0. The molecular weight excluding hydrogens is 357 g/mol. The molecule has 140 valence electrons. The van der Waals surface area contributed by atoms with Crippen molar-refractivity contribution in [3.8, 4) is 23.0 Å². The van der Waals surface area contributed by atoms with Crippen LogP contribution in [0.5, 0.6) is 0 Å². The van der Waals surface area contributed by atoms with Gasteiger partial charge in [0.2, 0.25) is 0 Å². The van der Waals surface area contributed by atoms with Crippen LogP contribution in [0.1, 0.15) is 30.0 Å². The third-order valence-electron chi connectivity index (χ3n) is 4.34. The Kier molecular flexibility index (Phi) is 6.34. The van der Waals surface area contributed by atoms with Gasteiger partial charge in [0.15, 0.2) is 11.6 Å². The van der Waals surface area contributed by atoms with Gasteiger partial charge in [-0.3, -0.25) is 0 Å². The third-order valence-corrected chi connectivity index (χ3v) is 4.34. The van der Waals surface area contributed by atoms with Gasteiger partial charge in [0.05, 0.1) is 0 Å². The minimum atomic E-state index is -1.00. The number of rotatable bonds is 4. The molecule has 3 rings (SSSR count). The van der Waals surface area contributed by atoms with E-state index < -0.39 is 17.5 Å². The van der Waals surface area contributed by atoms with Gasteiger partial charge in [0, 0.05) is 16.7 Å². The Balaban J connectivity index is 1.75. The minimum Gasteiger partial charge on any atom is -0.206 e. The lowest BCUT2D eigenvalue weighted by molar-refractivity contribution is 0.509. The van der Waals surface area contributed by atoms with E-state index in [-0.39, 0.29) is 11.1 Å². The first-order valence-electron chi connectivity index (χ1n) is 9.04. The highest BCUT2D eigenvalue weighted by atomic mass is 19.2. The Morgan fingerprint density at radius 1 is 0.750 bits per heavy atom. The first-order valence-corrected chi connectivity index (χ1v) is 9.04. The van der Waals surface area contributed by atoms with E-state index in [1.807, 2.05) is 37.3 Å². The molecule has 0 radical (unpaired) electrons. The molecule has 0 aliphatic carbocycles. The van der Waals surface area contributed by atoms with Crippen molar-refractivity contribution in [2.24, 2.45) is 0 Å². The Hall–Kier alpha value is -3.25. The van der Waals surface area contributed by atoms with Crippen LogP contribution >= 0.6 is 0 Å². The molecular formula is C25H19F3. The number of aryl methyl sites for hydroxylation is 1. The van der Waals surface area contributed by atoms with E-state index in [1.165, 1.54) is 23.8 Å². The van der Waals surface area contributed by atoms with Gasteiger partial charge in [-0.1, -0.05) is 48.3 Å². The van der Waals surface area contributed by atoms with Gasteiger partial charge < -0.3 is 0 Å². The normalized spacial score (nSPS) is 10.7. The zero-order chi connectivity index (χ0) is 19.9. The van der Waals surface area contributed by atoms with E-state index in [9.17, 15) is 13.2 Å². The van der Waals surface area contributed by atoms with Crippen molar-refractivity contribution in [3.05, 3.63) is 107 Å². The quantitative estimate of drug-likeness (QED) is 0.352. The van der Waals surface area contributed by atoms with E-state index in [0.29, 0.717) is 5.56 Å². The second kappa shape index (κ2) is 9.10. The summed E-state index contributed by atoms with van der Waals surface area (Å²) >= 11 is 0. The van der Waals surface area contributed by atoms with Crippen LogP contribution in [0.3, 0.4) is 0 Å². The molecule has 0 amide bonds. The summed E-state index contributed by atoms with van der Waals surface area (Å²) < 4.78 is 40.8. The number of benzene rings is 3. The van der Waals surface area contributed by atoms with E-state index in [4.69, 9.17) is 0 Å². The van der Waals surface area contributed by atoms with Crippen LogP contribution in [0.25, 0.3) is 11.1 Å². The first-order chi connectivity index (χ1) is 13.6. The van der Waals surface area contributed by atoms with Crippen molar-refractivity contribution >= 4 is 0 Å². The Morgan fingerprint density at radius 2 is 1.46 bits per heavy atom. The number of allylic oxidation sites excluding steroid dienone is 2. The molecule has 0 N–H and O–H groups in total. The molecule has 0 aliphatic heterocycles. The van der Waals surface area contributed by atoms with E-state index in [0.717, 1.165) is 30.5 Å². The van der Waals surface area contributed by atoms with Gasteiger partial charge >= 0.3 is 0 Å². The average Bonchev–Trinajstić information content (AvgIpc) is 2.70. The van der Waals surface area contributed by atoms with Crippen LogP contribution in [0, 0.1) is 29.3 Å². The maximum Gasteiger partial charge on any atom is 0.159 e. The topological polar surface area (TPSA) is 0 Å². The van der Waals surface area contributed by atoms with Crippen molar-refractivity contribution in [2.45, 2.75) is 19.8 Å². The molecule has 3 aromatic rings. The summed E-state index contributed by atoms with van der Waals surface area (Å²) in [6.45, 7) is 2.01. The molecule has 0 fully saturated rings. The summed E-state index contributed by atoms with van der Waals surface area (Å²) in [6.07, 6.45) is 6.16. The lowest BCUT2D eigenvalue weighted by Crippen LogP contribution is -1.89. The van der Waals surface area contributed by atoms with Crippen molar-refractivity contribution in [1.82, 2.24) is 0 Å². The molecule has 0 saturated carbocycles. The molecule has 0 bridgehead atoms. The van der Waals surface area contributed by atoms with Crippen LogP contribution in [-0.4, -0.2) is 0 Å². The predicted molar refractivity (Wildman–Crippen MR) is 107 cm³/mol. The highest BCUT2D eigenvalue weighted by Gasteiger charge is 2.09. The van der Waals surface area contributed by atoms with Crippen molar-refractivity contribution in [2.75, 3.05) is 0 Å². The SMILES string of the molecule is C/C=C/CCc1ccc(C#Cc2ccc(-c3ccc(F)c(F)c3)c(F)c2)cc1. The van der Waals surface area contributed by atoms with Crippen LogP contribution in [0.4, 0.5) is 13.2 Å². The Morgan fingerprint density at radius 3 is 2.14 bits per heavy atom. The van der Waals surface area contributed by atoms with Crippen LogP contribution in [0.2, 0.25) is 0 Å². The molecule has 0 nitrogen and oxygen atoms in total. The summed E-state index contributed by atoms with van der Waals surface area (Å²) in [5.41, 5.74) is 3.09. The molecule has 0 atom stereocenters. The van der Waals surface area contributed by atoms with Crippen molar-refractivity contribution in [1.29, 1.82) is 0 Å². The van der Waals surface area contributed by atoms with E-state index in [1.54, 1.807) is 6.07 Å². The largest absolute Gasteiger partial charge is 0.206 e. The van der Waals surface area contributed by atoms with Crippen molar-refractivity contribution < 1.29 is 13.2 Å². The van der Waals surface area contributed by atoms with Gasteiger partial charge in [-0.15, -0.1) is 0 Å². The summed E-state index contributed by atoms with van der Waals surface area (Å²) in [5.74, 6) is 3.46. The highest BCUT2D eigenvalue weighted by Crippen LogP contribution is 2.25. The Bertz CT molecular complexity index is 1050. The van der Waals surface area contributed by atoms with E-state index in [2.05, 4.69) is 17.9 Å². The number of hydrogen-bond donors (Lipinski definition) is 0. The van der Waals surface area contributed by atoms with Crippen molar-refractivity contribution in [3.63, 3.8) is 0 Å². The van der Waals surface area contributed by atoms with Gasteiger partial charge in [-0.05, 0) is 67.3 Å². The molecule has 0 aromatic heterocycles. The zero-order valence-corrected chi connectivity index (χ0v) is 15.5. The molecule has 3 aromatic carbocycles. The fourth-order valence-electron chi connectivity index (χ4n) is 2.81. The van der Waals surface area contributed by atoms with Gasteiger partial charge in [-0.25, -0.2) is 13.2 Å². The monoisotopic (exact) mass is 376 g/mol. The highest BCUT2D eigenvalue weighted by molar-refractivity contribution is 5.65. The number of halogens is 3.